The van der Waals surface area contributed by atoms with E-state index in [0.717, 1.165) is 11.1 Å². The second-order valence-electron chi connectivity index (χ2n) is 12.0. The van der Waals surface area contributed by atoms with Gasteiger partial charge in [0, 0.05) is 18.0 Å². The van der Waals surface area contributed by atoms with Crippen LogP contribution < -0.4 is 0 Å². The standard InChI is InChI=1S/C45H29N/c1-2-12-32(13-3-1)43-29-46-25-24-38(43)35-22-23-41-42(28-35)45(37-21-19-31-11-5-7-15-34(31)27-37)40-17-9-8-16-39(40)44(41)36-20-18-30-10-4-6-14-33(30)26-36/h1-29H. The summed E-state index contributed by atoms with van der Waals surface area (Å²) in [5.74, 6) is 0. The molecule has 0 amide bonds. The zero-order valence-electron chi connectivity index (χ0n) is 25.2. The van der Waals surface area contributed by atoms with Crippen LogP contribution in [0.25, 0.3) is 87.6 Å². The van der Waals surface area contributed by atoms with Gasteiger partial charge in [0.1, 0.15) is 0 Å². The molecule has 0 N–H and O–H groups in total. The lowest BCUT2D eigenvalue weighted by Crippen LogP contribution is -1.93. The minimum Gasteiger partial charge on any atom is -0.264 e. The number of nitrogens with zero attached hydrogens (tertiary/aromatic N) is 1. The van der Waals surface area contributed by atoms with Crippen molar-refractivity contribution in [1.82, 2.24) is 4.98 Å². The molecule has 0 atom stereocenters. The summed E-state index contributed by atoms with van der Waals surface area (Å²) in [6.45, 7) is 0. The molecule has 9 rings (SSSR count). The van der Waals surface area contributed by atoms with Crippen LogP contribution in [-0.4, -0.2) is 4.98 Å². The maximum atomic E-state index is 4.52. The molecule has 8 aromatic carbocycles. The van der Waals surface area contributed by atoms with E-state index in [1.807, 2.05) is 12.4 Å². The van der Waals surface area contributed by atoms with Crippen LogP contribution in [0.5, 0.6) is 0 Å². The van der Waals surface area contributed by atoms with Crippen molar-refractivity contribution in [3.05, 3.63) is 176 Å². The van der Waals surface area contributed by atoms with E-state index in [-0.39, 0.29) is 0 Å². The van der Waals surface area contributed by atoms with Crippen LogP contribution in [0.2, 0.25) is 0 Å². The van der Waals surface area contributed by atoms with Crippen LogP contribution in [0.4, 0.5) is 0 Å². The fourth-order valence-corrected chi connectivity index (χ4v) is 7.15. The summed E-state index contributed by atoms with van der Waals surface area (Å²) in [5.41, 5.74) is 9.62. The van der Waals surface area contributed by atoms with Crippen molar-refractivity contribution < 1.29 is 0 Å². The van der Waals surface area contributed by atoms with Gasteiger partial charge < -0.3 is 0 Å². The Morgan fingerprint density at radius 3 is 1.48 bits per heavy atom. The van der Waals surface area contributed by atoms with E-state index in [1.165, 1.54) is 76.5 Å². The average molecular weight is 584 g/mol. The van der Waals surface area contributed by atoms with E-state index < -0.39 is 0 Å². The predicted molar refractivity (Wildman–Crippen MR) is 196 cm³/mol. The van der Waals surface area contributed by atoms with E-state index in [9.17, 15) is 0 Å². The van der Waals surface area contributed by atoms with Crippen LogP contribution >= 0.6 is 0 Å². The zero-order valence-corrected chi connectivity index (χ0v) is 25.2. The Labute approximate surface area is 268 Å². The normalized spacial score (nSPS) is 11.5. The number of hydrogen-bond donors (Lipinski definition) is 0. The van der Waals surface area contributed by atoms with Crippen molar-refractivity contribution in [1.29, 1.82) is 0 Å². The van der Waals surface area contributed by atoms with Crippen molar-refractivity contribution in [2.75, 3.05) is 0 Å². The van der Waals surface area contributed by atoms with Gasteiger partial charge in [-0.15, -0.1) is 0 Å². The molecule has 0 unspecified atom stereocenters. The molecule has 1 heterocycles. The Kier molecular flexibility index (Phi) is 6.21. The first-order valence-corrected chi connectivity index (χ1v) is 15.8. The summed E-state index contributed by atoms with van der Waals surface area (Å²) in [5, 5.41) is 9.99. The van der Waals surface area contributed by atoms with Gasteiger partial charge in [-0.3, -0.25) is 4.98 Å². The summed E-state index contributed by atoms with van der Waals surface area (Å²) in [6.07, 6.45) is 3.89. The Morgan fingerprint density at radius 2 is 0.826 bits per heavy atom. The largest absolute Gasteiger partial charge is 0.264 e. The molecule has 0 bridgehead atoms. The average Bonchev–Trinajstić information content (AvgIpc) is 3.13. The predicted octanol–water partition coefficient (Wildman–Crippen LogP) is 12.4. The maximum Gasteiger partial charge on any atom is 0.0352 e. The van der Waals surface area contributed by atoms with Gasteiger partial charge in [0.2, 0.25) is 0 Å². The number of hydrogen-bond acceptors (Lipinski definition) is 1. The molecule has 0 fully saturated rings. The molecule has 0 aliphatic heterocycles. The molecule has 214 valence electrons. The van der Waals surface area contributed by atoms with Gasteiger partial charge in [-0.25, -0.2) is 0 Å². The van der Waals surface area contributed by atoms with E-state index in [0.29, 0.717) is 0 Å². The highest BCUT2D eigenvalue weighted by Crippen LogP contribution is 2.46. The number of fused-ring (bicyclic) bond motifs is 4. The Bertz CT molecular complexity index is 2580. The van der Waals surface area contributed by atoms with Crippen LogP contribution in [-0.2, 0) is 0 Å². The van der Waals surface area contributed by atoms with E-state index in [4.69, 9.17) is 0 Å². The Hall–Kier alpha value is -6.05. The topological polar surface area (TPSA) is 12.9 Å². The van der Waals surface area contributed by atoms with E-state index in [1.54, 1.807) is 0 Å². The van der Waals surface area contributed by atoms with E-state index in [2.05, 4.69) is 169 Å². The highest BCUT2D eigenvalue weighted by molar-refractivity contribution is 6.22. The SMILES string of the molecule is c1ccc(-c2cnccc2-c2ccc3c(-c4ccc5ccccc5c4)c4ccccc4c(-c4ccc5ccccc5c4)c3c2)cc1. The van der Waals surface area contributed by atoms with Crippen molar-refractivity contribution in [3.63, 3.8) is 0 Å². The summed E-state index contributed by atoms with van der Waals surface area (Å²) in [7, 11) is 0. The highest BCUT2D eigenvalue weighted by atomic mass is 14.6. The van der Waals surface area contributed by atoms with Gasteiger partial charge in [0.05, 0.1) is 0 Å². The fraction of sp³-hybridized carbons (Fsp3) is 0. The third-order valence-corrected chi connectivity index (χ3v) is 9.32. The minimum atomic E-state index is 1.13. The molecule has 0 aliphatic carbocycles. The maximum absolute atomic E-state index is 4.52. The molecule has 46 heavy (non-hydrogen) atoms. The number of rotatable bonds is 4. The third kappa shape index (κ3) is 4.37. The molecule has 1 heteroatoms. The summed E-state index contributed by atoms with van der Waals surface area (Å²) < 4.78 is 0. The van der Waals surface area contributed by atoms with Crippen LogP contribution in [0.3, 0.4) is 0 Å². The van der Waals surface area contributed by atoms with E-state index >= 15 is 0 Å². The molecular formula is C45H29N. The van der Waals surface area contributed by atoms with Crippen LogP contribution in [0, 0.1) is 0 Å². The van der Waals surface area contributed by atoms with Gasteiger partial charge in [0.25, 0.3) is 0 Å². The summed E-state index contributed by atoms with van der Waals surface area (Å²) in [6, 6.07) is 59.6. The molecular weight excluding hydrogens is 555 g/mol. The Morgan fingerprint density at radius 1 is 0.304 bits per heavy atom. The van der Waals surface area contributed by atoms with Crippen molar-refractivity contribution >= 4 is 43.1 Å². The van der Waals surface area contributed by atoms with Gasteiger partial charge in [0.15, 0.2) is 0 Å². The van der Waals surface area contributed by atoms with Crippen molar-refractivity contribution in [3.8, 4) is 44.5 Å². The second kappa shape index (κ2) is 10.8. The first kappa shape index (κ1) is 26.4. The first-order valence-electron chi connectivity index (χ1n) is 15.8. The lowest BCUT2D eigenvalue weighted by molar-refractivity contribution is 1.33. The highest BCUT2D eigenvalue weighted by Gasteiger charge is 2.19. The molecule has 0 aliphatic rings. The molecule has 0 radical (unpaired) electrons. The van der Waals surface area contributed by atoms with Crippen molar-refractivity contribution in [2.24, 2.45) is 0 Å². The quantitative estimate of drug-likeness (QED) is 0.188. The molecule has 1 aromatic heterocycles. The second-order valence-corrected chi connectivity index (χ2v) is 12.0. The number of aromatic nitrogens is 1. The molecule has 0 saturated heterocycles. The monoisotopic (exact) mass is 583 g/mol. The Balaban J connectivity index is 1.39. The smallest absolute Gasteiger partial charge is 0.0352 e. The molecule has 0 saturated carbocycles. The lowest BCUT2D eigenvalue weighted by atomic mass is 9.84. The minimum absolute atomic E-state index is 1.13. The van der Waals surface area contributed by atoms with Crippen LogP contribution in [0.15, 0.2) is 176 Å². The summed E-state index contributed by atoms with van der Waals surface area (Å²) >= 11 is 0. The third-order valence-electron chi connectivity index (χ3n) is 9.32. The summed E-state index contributed by atoms with van der Waals surface area (Å²) in [4.78, 5) is 4.52. The van der Waals surface area contributed by atoms with Gasteiger partial charge in [-0.05, 0) is 106 Å². The number of pyridine rings is 1. The van der Waals surface area contributed by atoms with Gasteiger partial charge in [-0.1, -0.05) is 140 Å². The zero-order chi connectivity index (χ0) is 30.5. The van der Waals surface area contributed by atoms with Crippen LogP contribution in [0.1, 0.15) is 0 Å². The van der Waals surface area contributed by atoms with Crippen molar-refractivity contribution in [2.45, 2.75) is 0 Å². The fourth-order valence-electron chi connectivity index (χ4n) is 7.15. The van der Waals surface area contributed by atoms with Gasteiger partial charge in [-0.2, -0.15) is 0 Å². The number of benzene rings is 8. The van der Waals surface area contributed by atoms with Gasteiger partial charge >= 0.3 is 0 Å². The molecule has 1 nitrogen and oxygen atoms in total. The molecule has 0 spiro atoms. The first-order chi connectivity index (χ1) is 22.8. The molecule has 9 aromatic rings. The lowest BCUT2D eigenvalue weighted by Gasteiger charge is -2.20.